The maximum absolute atomic E-state index is 12.9. The van der Waals surface area contributed by atoms with Crippen molar-refractivity contribution in [3.63, 3.8) is 0 Å². The van der Waals surface area contributed by atoms with Crippen molar-refractivity contribution in [1.29, 1.82) is 0 Å². The fourth-order valence-electron chi connectivity index (χ4n) is 5.15. The molecule has 0 bridgehead atoms. The highest BCUT2D eigenvalue weighted by Gasteiger charge is 2.29. The molecule has 0 fully saturated rings. The number of fused-ring (bicyclic) bond motifs is 2. The Morgan fingerprint density at radius 3 is 1.97 bits per heavy atom. The lowest BCUT2D eigenvalue weighted by Crippen LogP contribution is -2.36. The van der Waals surface area contributed by atoms with Gasteiger partial charge in [0.15, 0.2) is 23.0 Å². The summed E-state index contributed by atoms with van der Waals surface area (Å²) in [5.41, 5.74) is 4.91. The molecule has 0 saturated heterocycles. The van der Waals surface area contributed by atoms with Crippen molar-refractivity contribution in [2.24, 2.45) is 0 Å². The maximum atomic E-state index is 12.9. The summed E-state index contributed by atoms with van der Waals surface area (Å²) in [6.45, 7) is 3.47. The van der Waals surface area contributed by atoms with Crippen LogP contribution in [0.25, 0.3) is 0 Å². The second-order valence-electron chi connectivity index (χ2n) is 9.65. The average Bonchev–Trinajstić information content (AvgIpc) is 3.02. The van der Waals surface area contributed by atoms with Crippen molar-refractivity contribution >= 4 is 16.3 Å². The third-order valence-electron chi connectivity index (χ3n) is 7.10. The second-order valence-corrected chi connectivity index (χ2v) is 10.5. The molecule has 1 amide bonds. The third kappa shape index (κ3) is 8.21. The van der Waals surface area contributed by atoms with Gasteiger partial charge in [0.1, 0.15) is 0 Å². The van der Waals surface area contributed by atoms with Gasteiger partial charge in [-0.15, -0.1) is 0 Å². The Morgan fingerprint density at radius 2 is 1.41 bits per heavy atom. The van der Waals surface area contributed by atoms with E-state index in [0.717, 1.165) is 68.3 Å². The third-order valence-corrected chi connectivity index (χ3v) is 7.10. The molecule has 1 atom stereocenters. The summed E-state index contributed by atoms with van der Waals surface area (Å²) in [4.78, 5) is 17.3. The summed E-state index contributed by atoms with van der Waals surface area (Å²) in [6, 6.07) is 8.18. The van der Waals surface area contributed by atoms with E-state index in [9.17, 15) is 4.79 Å². The molecule has 2 aliphatic rings. The number of ether oxygens (including phenoxy) is 4. The number of carbonyl (C=O) groups excluding carboxylic acids is 1. The van der Waals surface area contributed by atoms with Crippen LogP contribution in [0.3, 0.4) is 0 Å². The topological polar surface area (TPSA) is 135 Å². The highest BCUT2D eigenvalue weighted by atomic mass is 32.3. The fraction of sp³-hybridized carbons (Fsp3) is 0.519. The Bertz CT molecular complexity index is 1260. The Kier molecular flexibility index (Phi) is 10.4. The van der Waals surface area contributed by atoms with Crippen LogP contribution in [0, 0.1) is 0 Å². The minimum atomic E-state index is -4.67. The highest BCUT2D eigenvalue weighted by Crippen LogP contribution is 2.42. The van der Waals surface area contributed by atoms with Crippen LogP contribution < -0.4 is 18.9 Å². The lowest BCUT2D eigenvalue weighted by atomic mass is 9.77. The average molecular weight is 567 g/mol. The zero-order valence-electron chi connectivity index (χ0n) is 23.1. The van der Waals surface area contributed by atoms with Gasteiger partial charge in [-0.25, -0.2) is 0 Å². The standard InChI is InChI=1S/C27H36N2O5.H2O4S/c1-28(17-21-11-20-14-25(33-4)26(34-5)16-22(20)21)8-6-9-29-10-7-18-12-23(31-2)24(32-3)13-19(18)15-27(29)30;1-5(2,3)4/h12-14,16,21H,6-11,15,17H2,1-5H3;(H2,1,2,3,4). The van der Waals surface area contributed by atoms with E-state index in [1.165, 1.54) is 16.7 Å². The number of likely N-dealkylation sites (N-methyl/N-ethyl adjacent to an activating group) is 1. The fourth-order valence-corrected chi connectivity index (χ4v) is 5.15. The van der Waals surface area contributed by atoms with Crippen molar-refractivity contribution in [2.75, 3.05) is 61.7 Å². The summed E-state index contributed by atoms with van der Waals surface area (Å²) in [5, 5.41) is 0. The number of rotatable bonds is 10. The first kappa shape index (κ1) is 30.5. The van der Waals surface area contributed by atoms with Gasteiger partial charge in [-0.2, -0.15) is 8.42 Å². The predicted octanol–water partition coefficient (Wildman–Crippen LogP) is 2.66. The quantitative estimate of drug-likeness (QED) is 0.413. The molecule has 11 nitrogen and oxygen atoms in total. The van der Waals surface area contributed by atoms with Gasteiger partial charge in [0.2, 0.25) is 5.91 Å². The molecule has 0 radical (unpaired) electrons. The molecule has 1 unspecified atom stereocenters. The van der Waals surface area contributed by atoms with Gasteiger partial charge in [-0.1, -0.05) is 0 Å². The summed E-state index contributed by atoms with van der Waals surface area (Å²) in [5.74, 6) is 3.69. The Hall–Kier alpha value is -3.06. The molecule has 0 spiro atoms. The second kappa shape index (κ2) is 13.3. The first-order chi connectivity index (χ1) is 18.5. The van der Waals surface area contributed by atoms with Crippen molar-refractivity contribution < 1.29 is 41.3 Å². The van der Waals surface area contributed by atoms with Gasteiger partial charge in [0.05, 0.1) is 34.9 Å². The molecule has 2 aromatic carbocycles. The highest BCUT2D eigenvalue weighted by molar-refractivity contribution is 7.79. The lowest BCUT2D eigenvalue weighted by Gasteiger charge is -2.34. The number of amides is 1. The van der Waals surface area contributed by atoms with Gasteiger partial charge >= 0.3 is 10.4 Å². The number of benzene rings is 2. The van der Waals surface area contributed by atoms with Crippen LogP contribution >= 0.6 is 0 Å². The number of methoxy groups -OCH3 is 4. The Balaban J connectivity index is 0.000000771. The molecule has 4 rings (SSSR count). The lowest BCUT2D eigenvalue weighted by molar-refractivity contribution is -0.130. The molecule has 1 aliphatic carbocycles. The van der Waals surface area contributed by atoms with Gasteiger partial charge in [-0.05, 0) is 79.4 Å². The van der Waals surface area contributed by atoms with E-state index in [4.69, 9.17) is 36.5 Å². The summed E-state index contributed by atoms with van der Waals surface area (Å²) >= 11 is 0. The monoisotopic (exact) mass is 566 g/mol. The first-order valence-electron chi connectivity index (χ1n) is 12.6. The van der Waals surface area contributed by atoms with Crippen LogP contribution in [-0.4, -0.2) is 94.9 Å². The van der Waals surface area contributed by atoms with Crippen molar-refractivity contribution in [3.05, 3.63) is 46.5 Å². The summed E-state index contributed by atoms with van der Waals surface area (Å²) in [6.07, 6.45) is 3.27. The molecular formula is C27H38N2O9S. The smallest absolute Gasteiger partial charge is 0.394 e. The predicted molar refractivity (Wildman–Crippen MR) is 146 cm³/mol. The van der Waals surface area contributed by atoms with Crippen molar-refractivity contribution in [2.45, 2.75) is 31.6 Å². The molecule has 2 N–H and O–H groups in total. The van der Waals surface area contributed by atoms with Crippen LogP contribution in [0.1, 0.15) is 34.6 Å². The van der Waals surface area contributed by atoms with Crippen molar-refractivity contribution in [1.82, 2.24) is 9.80 Å². The Labute approximate surface area is 230 Å². The van der Waals surface area contributed by atoms with Gasteiger partial charge in [-0.3, -0.25) is 13.9 Å². The molecule has 216 valence electrons. The number of carbonyl (C=O) groups is 1. The van der Waals surface area contributed by atoms with E-state index in [-0.39, 0.29) is 5.91 Å². The van der Waals surface area contributed by atoms with Crippen molar-refractivity contribution in [3.8, 4) is 23.0 Å². The zero-order valence-corrected chi connectivity index (χ0v) is 23.9. The Morgan fingerprint density at radius 1 is 0.897 bits per heavy atom. The van der Waals surface area contributed by atoms with E-state index >= 15 is 0 Å². The molecule has 1 heterocycles. The minimum absolute atomic E-state index is 0.183. The van der Waals surface area contributed by atoms with Crippen LogP contribution in [0.15, 0.2) is 24.3 Å². The van der Waals surface area contributed by atoms with E-state index in [2.05, 4.69) is 24.1 Å². The summed E-state index contributed by atoms with van der Waals surface area (Å²) < 4.78 is 53.3. The summed E-state index contributed by atoms with van der Waals surface area (Å²) in [7, 11) is 4.12. The van der Waals surface area contributed by atoms with Gasteiger partial charge in [0.25, 0.3) is 0 Å². The van der Waals surface area contributed by atoms with Crippen LogP contribution in [-0.2, 0) is 34.5 Å². The van der Waals surface area contributed by atoms with E-state index < -0.39 is 10.4 Å². The molecular weight excluding hydrogens is 528 g/mol. The normalized spacial score (nSPS) is 16.3. The largest absolute Gasteiger partial charge is 0.493 e. The van der Waals surface area contributed by atoms with E-state index in [1.54, 1.807) is 28.4 Å². The van der Waals surface area contributed by atoms with Crippen LogP contribution in [0.4, 0.5) is 0 Å². The van der Waals surface area contributed by atoms with E-state index in [0.29, 0.717) is 18.1 Å². The molecule has 2 aromatic rings. The number of hydrogen-bond donors (Lipinski definition) is 2. The van der Waals surface area contributed by atoms with Crippen LogP contribution in [0.5, 0.6) is 23.0 Å². The SMILES string of the molecule is COc1cc2c(cc1OC)CC(=O)N(CCCN(C)CC1Cc3cc(OC)c(OC)cc31)CC2.O=S(=O)(O)O. The van der Waals surface area contributed by atoms with Gasteiger partial charge < -0.3 is 28.7 Å². The number of hydrogen-bond acceptors (Lipinski definition) is 8. The zero-order chi connectivity index (χ0) is 28.7. The maximum Gasteiger partial charge on any atom is 0.394 e. The molecule has 1 aliphatic heterocycles. The molecule has 39 heavy (non-hydrogen) atoms. The van der Waals surface area contributed by atoms with Crippen LogP contribution in [0.2, 0.25) is 0 Å². The minimum Gasteiger partial charge on any atom is -0.493 e. The first-order valence-corrected chi connectivity index (χ1v) is 14.0. The van der Waals surface area contributed by atoms with E-state index in [1.807, 2.05) is 17.0 Å². The molecule has 0 saturated carbocycles. The molecule has 0 aromatic heterocycles. The number of nitrogens with zero attached hydrogens (tertiary/aromatic N) is 2. The van der Waals surface area contributed by atoms with Gasteiger partial charge in [0, 0.05) is 25.6 Å². The molecule has 12 heteroatoms.